The number of rotatable bonds is 2. The Bertz CT molecular complexity index is 739. The van der Waals surface area contributed by atoms with Gasteiger partial charge in [0, 0.05) is 10.4 Å². The fourth-order valence-corrected chi connectivity index (χ4v) is 3.77. The van der Waals surface area contributed by atoms with E-state index in [4.69, 9.17) is 0 Å². The number of nitrogens with zero attached hydrogens (tertiary/aromatic N) is 1. The number of hydrogen-bond acceptors (Lipinski definition) is 3. The Balaban J connectivity index is 1.77. The van der Waals surface area contributed by atoms with E-state index in [9.17, 15) is 18.0 Å². The molecule has 0 unspecified atom stereocenters. The first-order valence-corrected chi connectivity index (χ1v) is 8.12. The summed E-state index contributed by atoms with van der Waals surface area (Å²) in [5.41, 5.74) is 0.131. The van der Waals surface area contributed by atoms with Crippen molar-refractivity contribution in [3.63, 3.8) is 0 Å². The van der Waals surface area contributed by atoms with Crippen molar-refractivity contribution in [3.05, 3.63) is 46.0 Å². The largest absolute Gasteiger partial charge is 0.416 e. The molecule has 1 aliphatic carbocycles. The smallest absolute Gasteiger partial charge is 0.298 e. The molecule has 1 aliphatic rings. The minimum absolute atomic E-state index is 0.0265. The molecule has 0 bridgehead atoms. The lowest BCUT2D eigenvalue weighted by atomic mass is 9.93. The minimum Gasteiger partial charge on any atom is -0.298 e. The molecule has 3 rings (SSSR count). The number of alkyl halides is 3. The van der Waals surface area contributed by atoms with Crippen molar-refractivity contribution in [2.45, 2.75) is 32.4 Å². The van der Waals surface area contributed by atoms with Crippen LogP contribution >= 0.6 is 11.3 Å². The van der Waals surface area contributed by atoms with Gasteiger partial charge in [-0.05, 0) is 43.4 Å². The number of carbonyl (C=O) groups excluding carboxylic acids is 1. The number of halogens is 3. The first kappa shape index (κ1) is 16.0. The number of carbonyl (C=O) groups is 1. The van der Waals surface area contributed by atoms with Gasteiger partial charge >= 0.3 is 6.18 Å². The number of benzene rings is 1. The van der Waals surface area contributed by atoms with Crippen LogP contribution < -0.4 is 5.32 Å². The van der Waals surface area contributed by atoms with Crippen LogP contribution in [0.2, 0.25) is 0 Å². The summed E-state index contributed by atoms with van der Waals surface area (Å²) in [5, 5.41) is 3.06. The maximum Gasteiger partial charge on any atom is 0.416 e. The molecule has 122 valence electrons. The quantitative estimate of drug-likeness (QED) is 0.872. The summed E-state index contributed by atoms with van der Waals surface area (Å²) >= 11 is 1.41. The molecular formula is C16H15F3N2OS. The number of amides is 1. The molecule has 0 spiro atoms. The molecule has 1 aromatic carbocycles. The van der Waals surface area contributed by atoms with Gasteiger partial charge in [-0.15, -0.1) is 11.3 Å². The fourth-order valence-electron chi connectivity index (χ4n) is 2.60. The summed E-state index contributed by atoms with van der Waals surface area (Å²) in [6.07, 6.45) is -1.58. The number of aromatic nitrogens is 1. The lowest BCUT2D eigenvalue weighted by Gasteiger charge is -2.15. The lowest BCUT2D eigenvalue weighted by molar-refractivity contribution is -0.137. The van der Waals surface area contributed by atoms with Crippen molar-refractivity contribution in [1.82, 2.24) is 4.98 Å². The summed E-state index contributed by atoms with van der Waals surface area (Å²) in [5.74, 6) is 0.0187. The van der Waals surface area contributed by atoms with Gasteiger partial charge in [0.25, 0.3) is 5.91 Å². The average Bonchev–Trinajstić information content (AvgIpc) is 2.87. The van der Waals surface area contributed by atoms with E-state index in [0.29, 0.717) is 11.0 Å². The molecule has 1 heterocycles. The number of hydrogen-bond donors (Lipinski definition) is 1. The van der Waals surface area contributed by atoms with Gasteiger partial charge in [-0.1, -0.05) is 13.0 Å². The molecular weight excluding hydrogens is 325 g/mol. The number of fused-ring (bicyclic) bond motifs is 1. The Labute approximate surface area is 135 Å². The lowest BCUT2D eigenvalue weighted by Crippen LogP contribution is -2.14. The summed E-state index contributed by atoms with van der Waals surface area (Å²) in [6.45, 7) is 2.17. The molecule has 1 aromatic heterocycles. The minimum atomic E-state index is -4.47. The van der Waals surface area contributed by atoms with Crippen LogP contribution in [-0.2, 0) is 19.0 Å². The maximum absolute atomic E-state index is 12.7. The first-order valence-electron chi connectivity index (χ1n) is 7.30. The maximum atomic E-state index is 12.7. The highest BCUT2D eigenvalue weighted by Crippen LogP contribution is 2.33. The second-order valence-corrected chi connectivity index (χ2v) is 6.85. The highest BCUT2D eigenvalue weighted by atomic mass is 32.1. The first-order chi connectivity index (χ1) is 10.8. The van der Waals surface area contributed by atoms with Crippen LogP contribution in [0.1, 0.15) is 39.8 Å². The molecule has 1 atom stereocenters. The summed E-state index contributed by atoms with van der Waals surface area (Å²) in [7, 11) is 0. The van der Waals surface area contributed by atoms with Gasteiger partial charge in [0.05, 0.1) is 11.3 Å². The molecule has 23 heavy (non-hydrogen) atoms. The van der Waals surface area contributed by atoms with Gasteiger partial charge in [0.1, 0.15) is 0 Å². The molecule has 0 saturated carbocycles. The van der Waals surface area contributed by atoms with Gasteiger partial charge in [0.15, 0.2) is 5.13 Å². The average molecular weight is 340 g/mol. The standard InChI is InChI=1S/C16H15F3N2OS/c1-9-5-6-12-13(7-9)23-15(20-12)21-14(22)10-3-2-4-11(8-10)16(17,18)19/h2-4,8-9H,5-7H2,1H3,(H,20,21,22)/t9-/m1/s1. The molecule has 1 amide bonds. The van der Waals surface area contributed by atoms with Crippen LogP contribution in [0.25, 0.3) is 0 Å². The van der Waals surface area contributed by atoms with Gasteiger partial charge in [0.2, 0.25) is 0 Å². The second-order valence-electron chi connectivity index (χ2n) is 5.77. The van der Waals surface area contributed by atoms with E-state index >= 15 is 0 Å². The highest BCUT2D eigenvalue weighted by molar-refractivity contribution is 7.15. The Morgan fingerprint density at radius 3 is 2.91 bits per heavy atom. The predicted molar refractivity (Wildman–Crippen MR) is 82.7 cm³/mol. The third-order valence-electron chi connectivity index (χ3n) is 3.86. The van der Waals surface area contributed by atoms with Crippen LogP contribution in [0.3, 0.4) is 0 Å². The Morgan fingerprint density at radius 2 is 2.17 bits per heavy atom. The van der Waals surface area contributed by atoms with Crippen LogP contribution in [0, 0.1) is 5.92 Å². The van der Waals surface area contributed by atoms with Crippen LogP contribution in [0.15, 0.2) is 24.3 Å². The van der Waals surface area contributed by atoms with Crippen molar-refractivity contribution >= 4 is 22.4 Å². The monoisotopic (exact) mass is 340 g/mol. The highest BCUT2D eigenvalue weighted by Gasteiger charge is 2.31. The summed E-state index contributed by atoms with van der Waals surface area (Å²) in [4.78, 5) is 17.7. The molecule has 3 nitrogen and oxygen atoms in total. The fraction of sp³-hybridized carbons (Fsp3) is 0.375. The number of nitrogens with one attached hydrogen (secondary N) is 1. The van der Waals surface area contributed by atoms with Crippen molar-refractivity contribution in [2.24, 2.45) is 5.92 Å². The van der Waals surface area contributed by atoms with E-state index in [1.165, 1.54) is 23.5 Å². The van der Waals surface area contributed by atoms with E-state index < -0.39 is 17.6 Å². The number of aryl methyl sites for hydroxylation is 1. The third-order valence-corrected chi connectivity index (χ3v) is 4.89. The van der Waals surface area contributed by atoms with E-state index in [2.05, 4.69) is 17.2 Å². The third kappa shape index (κ3) is 3.55. The normalized spacial score (nSPS) is 17.7. The Hall–Kier alpha value is -1.89. The molecule has 1 N–H and O–H groups in total. The van der Waals surface area contributed by atoms with Gasteiger partial charge in [-0.25, -0.2) is 4.98 Å². The number of thiazole rings is 1. The molecule has 7 heteroatoms. The molecule has 0 fully saturated rings. The predicted octanol–water partition coefficient (Wildman–Crippen LogP) is 4.54. The van der Waals surface area contributed by atoms with Crippen molar-refractivity contribution < 1.29 is 18.0 Å². The van der Waals surface area contributed by atoms with E-state index in [-0.39, 0.29) is 5.56 Å². The van der Waals surface area contributed by atoms with Gasteiger partial charge in [-0.3, -0.25) is 10.1 Å². The molecule has 0 aliphatic heterocycles. The van der Waals surface area contributed by atoms with Gasteiger partial charge < -0.3 is 0 Å². The molecule has 2 aromatic rings. The van der Waals surface area contributed by atoms with Crippen LogP contribution in [0.4, 0.5) is 18.3 Å². The SMILES string of the molecule is C[C@@H]1CCc2nc(NC(=O)c3cccc(C(F)(F)F)c3)sc2C1. The Kier molecular flexibility index (Phi) is 4.14. The van der Waals surface area contributed by atoms with Gasteiger partial charge in [-0.2, -0.15) is 13.2 Å². The zero-order valence-corrected chi connectivity index (χ0v) is 13.2. The van der Waals surface area contributed by atoms with Crippen LogP contribution in [0.5, 0.6) is 0 Å². The second kappa shape index (κ2) is 5.96. The van der Waals surface area contributed by atoms with Crippen molar-refractivity contribution in [3.8, 4) is 0 Å². The summed E-state index contributed by atoms with van der Waals surface area (Å²) in [6, 6.07) is 4.39. The van der Waals surface area contributed by atoms with Crippen LogP contribution in [-0.4, -0.2) is 10.9 Å². The zero-order chi connectivity index (χ0) is 16.6. The zero-order valence-electron chi connectivity index (χ0n) is 12.4. The topological polar surface area (TPSA) is 42.0 Å². The van der Waals surface area contributed by atoms with Crippen molar-refractivity contribution in [2.75, 3.05) is 5.32 Å². The number of anilines is 1. The van der Waals surface area contributed by atoms with E-state index in [0.717, 1.165) is 42.0 Å². The Morgan fingerprint density at radius 1 is 1.39 bits per heavy atom. The molecule has 0 saturated heterocycles. The van der Waals surface area contributed by atoms with E-state index in [1.54, 1.807) is 0 Å². The molecule has 0 radical (unpaired) electrons. The summed E-state index contributed by atoms with van der Waals surface area (Å²) < 4.78 is 38.1. The van der Waals surface area contributed by atoms with Crippen molar-refractivity contribution in [1.29, 1.82) is 0 Å². The van der Waals surface area contributed by atoms with E-state index in [1.807, 2.05) is 0 Å².